The lowest BCUT2D eigenvalue weighted by molar-refractivity contribution is 0.339. The van der Waals surface area contributed by atoms with Crippen LogP contribution in [0.3, 0.4) is 0 Å². The van der Waals surface area contributed by atoms with E-state index in [-0.39, 0.29) is 0 Å². The summed E-state index contributed by atoms with van der Waals surface area (Å²) in [4.78, 5) is 4.30. The SMILES string of the molecule is CC(c1nccs1)C(C)(C)C. The summed E-state index contributed by atoms with van der Waals surface area (Å²) in [5, 5.41) is 3.29. The Morgan fingerprint density at radius 1 is 1.45 bits per heavy atom. The maximum absolute atomic E-state index is 4.30. The van der Waals surface area contributed by atoms with E-state index in [2.05, 4.69) is 32.7 Å². The van der Waals surface area contributed by atoms with Gasteiger partial charge in [-0.15, -0.1) is 11.3 Å². The number of aromatic nitrogens is 1. The van der Waals surface area contributed by atoms with E-state index in [4.69, 9.17) is 0 Å². The van der Waals surface area contributed by atoms with Gasteiger partial charge in [-0.25, -0.2) is 4.98 Å². The van der Waals surface area contributed by atoms with Crippen LogP contribution in [0.4, 0.5) is 0 Å². The zero-order valence-electron chi connectivity index (χ0n) is 7.59. The third kappa shape index (κ3) is 2.03. The van der Waals surface area contributed by atoms with Gasteiger partial charge in [0.25, 0.3) is 0 Å². The lowest BCUT2D eigenvalue weighted by Crippen LogP contribution is -2.14. The molecule has 0 fully saturated rings. The zero-order valence-corrected chi connectivity index (χ0v) is 8.40. The van der Waals surface area contributed by atoms with E-state index in [0.717, 1.165) is 0 Å². The highest BCUT2D eigenvalue weighted by molar-refractivity contribution is 7.09. The molecule has 1 nitrogen and oxygen atoms in total. The zero-order chi connectivity index (χ0) is 8.48. The van der Waals surface area contributed by atoms with Crippen molar-refractivity contribution in [3.05, 3.63) is 16.6 Å². The van der Waals surface area contributed by atoms with E-state index >= 15 is 0 Å². The van der Waals surface area contributed by atoms with Crippen LogP contribution in [0.15, 0.2) is 11.6 Å². The predicted molar refractivity (Wildman–Crippen MR) is 50.0 cm³/mol. The van der Waals surface area contributed by atoms with Crippen LogP contribution in [-0.2, 0) is 0 Å². The number of thiazole rings is 1. The van der Waals surface area contributed by atoms with Gasteiger partial charge in [0.05, 0.1) is 5.01 Å². The molecule has 0 saturated heterocycles. The first kappa shape index (κ1) is 8.72. The van der Waals surface area contributed by atoms with Gasteiger partial charge in [-0.1, -0.05) is 27.7 Å². The molecule has 2 heteroatoms. The van der Waals surface area contributed by atoms with Gasteiger partial charge in [0.1, 0.15) is 0 Å². The lowest BCUT2D eigenvalue weighted by Gasteiger charge is -2.24. The Morgan fingerprint density at radius 2 is 2.09 bits per heavy atom. The number of rotatable bonds is 1. The first-order valence-electron chi connectivity index (χ1n) is 3.91. The minimum absolute atomic E-state index is 0.331. The maximum Gasteiger partial charge on any atom is 0.0958 e. The molecule has 0 amide bonds. The standard InChI is InChI=1S/C9H15NS/c1-7(9(2,3)4)8-10-5-6-11-8/h5-7H,1-4H3. The Balaban J connectivity index is 2.78. The molecule has 0 bridgehead atoms. The normalized spacial score (nSPS) is 14.9. The Hall–Kier alpha value is -0.370. The van der Waals surface area contributed by atoms with Crippen molar-refractivity contribution < 1.29 is 0 Å². The van der Waals surface area contributed by atoms with Crippen molar-refractivity contribution in [2.75, 3.05) is 0 Å². The summed E-state index contributed by atoms with van der Waals surface area (Å²) in [6.45, 7) is 8.98. The van der Waals surface area contributed by atoms with Crippen LogP contribution in [0.1, 0.15) is 38.6 Å². The van der Waals surface area contributed by atoms with E-state index < -0.39 is 0 Å². The Bertz CT molecular complexity index is 208. The molecule has 0 aliphatic carbocycles. The highest BCUT2D eigenvalue weighted by Crippen LogP contribution is 2.34. The van der Waals surface area contributed by atoms with Crippen molar-refractivity contribution in [2.45, 2.75) is 33.6 Å². The van der Waals surface area contributed by atoms with Crippen LogP contribution in [0, 0.1) is 5.41 Å². The molecule has 1 heterocycles. The average Bonchev–Trinajstić information content (AvgIpc) is 2.34. The number of nitrogens with zero attached hydrogens (tertiary/aromatic N) is 1. The van der Waals surface area contributed by atoms with Crippen molar-refractivity contribution in [3.8, 4) is 0 Å². The van der Waals surface area contributed by atoms with Crippen LogP contribution in [0.2, 0.25) is 0 Å². The molecular formula is C9H15NS. The number of hydrogen-bond donors (Lipinski definition) is 0. The fourth-order valence-electron chi connectivity index (χ4n) is 0.819. The van der Waals surface area contributed by atoms with Crippen molar-refractivity contribution in [2.24, 2.45) is 5.41 Å². The summed E-state index contributed by atoms with van der Waals surface area (Å²) in [6.07, 6.45) is 1.88. The predicted octanol–water partition coefficient (Wildman–Crippen LogP) is 3.29. The van der Waals surface area contributed by atoms with Gasteiger partial charge >= 0.3 is 0 Å². The molecule has 0 aliphatic rings. The van der Waals surface area contributed by atoms with Crippen LogP contribution >= 0.6 is 11.3 Å². The molecule has 62 valence electrons. The van der Waals surface area contributed by atoms with Crippen LogP contribution in [0.25, 0.3) is 0 Å². The van der Waals surface area contributed by atoms with Gasteiger partial charge in [0.2, 0.25) is 0 Å². The summed E-state index contributed by atoms with van der Waals surface area (Å²) in [5.74, 6) is 0.558. The van der Waals surface area contributed by atoms with Gasteiger partial charge in [-0.2, -0.15) is 0 Å². The Morgan fingerprint density at radius 3 is 2.45 bits per heavy atom. The van der Waals surface area contributed by atoms with Gasteiger partial charge in [-0.3, -0.25) is 0 Å². The van der Waals surface area contributed by atoms with Gasteiger partial charge in [0.15, 0.2) is 0 Å². The van der Waals surface area contributed by atoms with Crippen molar-refractivity contribution >= 4 is 11.3 Å². The fourth-order valence-corrected chi connectivity index (χ4v) is 1.76. The van der Waals surface area contributed by atoms with Crippen molar-refractivity contribution in [1.82, 2.24) is 4.98 Å². The fraction of sp³-hybridized carbons (Fsp3) is 0.667. The van der Waals surface area contributed by atoms with E-state index in [0.29, 0.717) is 11.3 Å². The van der Waals surface area contributed by atoms with Crippen LogP contribution in [0.5, 0.6) is 0 Å². The molecule has 0 N–H and O–H groups in total. The van der Waals surface area contributed by atoms with Gasteiger partial charge in [-0.05, 0) is 5.41 Å². The smallest absolute Gasteiger partial charge is 0.0958 e. The monoisotopic (exact) mass is 169 g/mol. The molecule has 0 radical (unpaired) electrons. The van der Waals surface area contributed by atoms with Gasteiger partial charge < -0.3 is 0 Å². The molecule has 11 heavy (non-hydrogen) atoms. The number of hydrogen-bond acceptors (Lipinski definition) is 2. The van der Waals surface area contributed by atoms with Crippen LogP contribution in [-0.4, -0.2) is 4.98 Å². The molecule has 0 saturated carbocycles. The molecule has 0 aliphatic heterocycles. The summed E-state index contributed by atoms with van der Waals surface area (Å²) < 4.78 is 0. The Labute approximate surface area is 72.5 Å². The summed E-state index contributed by atoms with van der Waals surface area (Å²) >= 11 is 1.75. The first-order chi connectivity index (χ1) is 5.02. The van der Waals surface area contributed by atoms with E-state index in [1.165, 1.54) is 5.01 Å². The highest BCUT2D eigenvalue weighted by atomic mass is 32.1. The topological polar surface area (TPSA) is 12.9 Å². The second-order valence-electron chi connectivity index (χ2n) is 3.96. The molecular weight excluding hydrogens is 154 g/mol. The van der Waals surface area contributed by atoms with Crippen molar-refractivity contribution in [3.63, 3.8) is 0 Å². The summed E-state index contributed by atoms with van der Waals surface area (Å²) in [5.41, 5.74) is 0.331. The minimum atomic E-state index is 0.331. The molecule has 1 atom stereocenters. The highest BCUT2D eigenvalue weighted by Gasteiger charge is 2.23. The van der Waals surface area contributed by atoms with Crippen LogP contribution < -0.4 is 0 Å². The van der Waals surface area contributed by atoms with E-state index in [9.17, 15) is 0 Å². The first-order valence-corrected chi connectivity index (χ1v) is 4.79. The average molecular weight is 169 g/mol. The third-order valence-corrected chi connectivity index (χ3v) is 3.08. The van der Waals surface area contributed by atoms with Crippen molar-refractivity contribution in [1.29, 1.82) is 0 Å². The van der Waals surface area contributed by atoms with E-state index in [1.807, 2.05) is 11.6 Å². The maximum atomic E-state index is 4.30. The molecule has 0 aromatic carbocycles. The second kappa shape index (κ2) is 2.94. The quantitative estimate of drug-likeness (QED) is 0.628. The van der Waals surface area contributed by atoms with Gasteiger partial charge in [0, 0.05) is 17.5 Å². The largest absolute Gasteiger partial charge is 0.249 e. The minimum Gasteiger partial charge on any atom is -0.249 e. The Kier molecular flexibility index (Phi) is 2.33. The lowest BCUT2D eigenvalue weighted by atomic mass is 9.83. The molecule has 0 spiro atoms. The molecule has 1 unspecified atom stereocenters. The third-order valence-electron chi connectivity index (χ3n) is 2.12. The molecule has 1 rings (SSSR count). The summed E-state index contributed by atoms with van der Waals surface area (Å²) in [6, 6.07) is 0. The summed E-state index contributed by atoms with van der Waals surface area (Å²) in [7, 11) is 0. The van der Waals surface area contributed by atoms with E-state index in [1.54, 1.807) is 11.3 Å². The second-order valence-corrected chi connectivity index (χ2v) is 4.88. The molecule has 1 aromatic rings. The molecule has 1 aromatic heterocycles.